The first-order valence-corrected chi connectivity index (χ1v) is 10.1. The molecule has 0 saturated carbocycles. The fourth-order valence-electron chi connectivity index (χ4n) is 3.53. The molecule has 2 amide bonds. The van der Waals surface area contributed by atoms with Crippen LogP contribution < -0.4 is 10.9 Å². The number of urea groups is 1. The Kier molecular flexibility index (Phi) is 5.80. The molecule has 2 aromatic carbocycles. The van der Waals surface area contributed by atoms with Crippen molar-refractivity contribution in [1.82, 2.24) is 14.9 Å². The van der Waals surface area contributed by atoms with Gasteiger partial charge in [-0.25, -0.2) is 4.79 Å². The van der Waals surface area contributed by atoms with E-state index < -0.39 is 0 Å². The maximum absolute atomic E-state index is 13.1. The molecule has 0 fully saturated rings. The summed E-state index contributed by atoms with van der Waals surface area (Å²) in [6, 6.07) is 18.6. The molecule has 4 aromatic rings. The highest BCUT2D eigenvalue weighted by atomic mass is 16.2. The van der Waals surface area contributed by atoms with Crippen molar-refractivity contribution < 1.29 is 4.79 Å². The Morgan fingerprint density at radius 1 is 1.03 bits per heavy atom. The molecule has 0 aliphatic carbocycles. The van der Waals surface area contributed by atoms with Crippen LogP contribution in [-0.2, 0) is 13.1 Å². The summed E-state index contributed by atoms with van der Waals surface area (Å²) >= 11 is 0. The minimum absolute atomic E-state index is 0.172. The third kappa shape index (κ3) is 4.64. The number of carbonyl (C=O) groups excluding carboxylic acids is 1. The van der Waals surface area contributed by atoms with Gasteiger partial charge in [0.05, 0.1) is 12.1 Å². The maximum atomic E-state index is 13.1. The molecule has 0 atom stereocenters. The monoisotopic (exact) mass is 412 g/mol. The van der Waals surface area contributed by atoms with Crippen molar-refractivity contribution in [2.45, 2.75) is 26.9 Å². The minimum Gasteiger partial charge on any atom is -0.321 e. The zero-order valence-electron chi connectivity index (χ0n) is 17.6. The Labute approximate surface area is 180 Å². The average molecular weight is 412 g/mol. The van der Waals surface area contributed by atoms with Crippen LogP contribution in [0.1, 0.15) is 22.3 Å². The number of H-pyrrole nitrogens is 1. The molecule has 0 saturated heterocycles. The van der Waals surface area contributed by atoms with Crippen molar-refractivity contribution in [1.29, 1.82) is 0 Å². The molecule has 2 N–H and O–H groups in total. The smallest absolute Gasteiger partial charge is 0.321 e. The highest BCUT2D eigenvalue weighted by Gasteiger charge is 2.17. The van der Waals surface area contributed by atoms with Gasteiger partial charge < -0.3 is 15.2 Å². The predicted molar refractivity (Wildman–Crippen MR) is 123 cm³/mol. The van der Waals surface area contributed by atoms with E-state index in [1.165, 1.54) is 0 Å². The van der Waals surface area contributed by atoms with E-state index in [0.717, 1.165) is 27.6 Å². The Bertz CT molecular complexity index is 1270. The summed E-state index contributed by atoms with van der Waals surface area (Å²) in [5.74, 6) is 0. The van der Waals surface area contributed by atoms with Gasteiger partial charge in [0.25, 0.3) is 5.56 Å². The molecule has 0 aliphatic heterocycles. The van der Waals surface area contributed by atoms with Gasteiger partial charge in [0.15, 0.2) is 0 Å². The van der Waals surface area contributed by atoms with E-state index in [0.29, 0.717) is 17.8 Å². The van der Waals surface area contributed by atoms with Gasteiger partial charge in [-0.1, -0.05) is 36.4 Å². The molecule has 6 heteroatoms. The quantitative estimate of drug-likeness (QED) is 0.495. The first-order chi connectivity index (χ1) is 15.0. The normalized spacial score (nSPS) is 10.8. The number of aromatic amines is 1. The highest BCUT2D eigenvalue weighted by molar-refractivity contribution is 5.89. The first-order valence-electron chi connectivity index (χ1n) is 10.1. The lowest BCUT2D eigenvalue weighted by Crippen LogP contribution is -2.35. The van der Waals surface area contributed by atoms with Crippen molar-refractivity contribution in [3.05, 3.63) is 106 Å². The average Bonchev–Trinajstić information content (AvgIpc) is 2.78. The van der Waals surface area contributed by atoms with Crippen LogP contribution in [0.3, 0.4) is 0 Å². The highest BCUT2D eigenvalue weighted by Crippen LogP contribution is 2.20. The topological polar surface area (TPSA) is 78.1 Å². The van der Waals surface area contributed by atoms with Crippen LogP contribution in [0.4, 0.5) is 10.5 Å². The summed E-state index contributed by atoms with van der Waals surface area (Å²) in [6.07, 6.45) is 3.41. The second-order valence-electron chi connectivity index (χ2n) is 7.61. The van der Waals surface area contributed by atoms with Crippen LogP contribution >= 0.6 is 0 Å². The number of aromatic nitrogens is 2. The molecular formula is C25H24N4O2. The van der Waals surface area contributed by atoms with Crippen LogP contribution in [0, 0.1) is 13.8 Å². The zero-order valence-corrected chi connectivity index (χ0v) is 17.6. The van der Waals surface area contributed by atoms with Gasteiger partial charge >= 0.3 is 6.03 Å². The van der Waals surface area contributed by atoms with Gasteiger partial charge in [0.2, 0.25) is 0 Å². The second kappa shape index (κ2) is 8.83. The van der Waals surface area contributed by atoms with Gasteiger partial charge in [0, 0.05) is 30.2 Å². The molecular weight excluding hydrogens is 388 g/mol. The number of anilines is 1. The number of hydrogen-bond acceptors (Lipinski definition) is 3. The van der Waals surface area contributed by atoms with E-state index in [-0.39, 0.29) is 18.1 Å². The van der Waals surface area contributed by atoms with E-state index in [1.807, 2.05) is 74.5 Å². The number of aryl methyl sites for hydroxylation is 2. The number of para-hydroxylation sites is 1. The van der Waals surface area contributed by atoms with Crippen LogP contribution in [0.15, 0.2) is 77.9 Å². The predicted octanol–water partition coefficient (Wildman–Crippen LogP) is 4.77. The summed E-state index contributed by atoms with van der Waals surface area (Å²) in [4.78, 5) is 34.7. The number of benzene rings is 2. The number of hydrogen-bond donors (Lipinski definition) is 2. The number of amides is 2. The minimum atomic E-state index is -0.283. The Morgan fingerprint density at radius 2 is 1.84 bits per heavy atom. The molecule has 0 spiro atoms. The summed E-state index contributed by atoms with van der Waals surface area (Å²) < 4.78 is 0. The number of carbonyl (C=O) groups is 1. The maximum Gasteiger partial charge on any atom is 0.322 e. The lowest BCUT2D eigenvalue weighted by molar-refractivity contribution is 0.206. The van der Waals surface area contributed by atoms with E-state index in [1.54, 1.807) is 17.3 Å². The van der Waals surface area contributed by atoms with Crippen molar-refractivity contribution in [3.8, 4) is 0 Å². The van der Waals surface area contributed by atoms with Gasteiger partial charge in [-0.3, -0.25) is 9.78 Å². The number of nitrogens with one attached hydrogen (secondary N) is 2. The van der Waals surface area contributed by atoms with Gasteiger partial charge in [-0.2, -0.15) is 0 Å². The molecule has 2 heterocycles. The molecule has 0 unspecified atom stereocenters. The molecule has 6 nitrogen and oxygen atoms in total. The Hall–Kier alpha value is -3.93. The van der Waals surface area contributed by atoms with Gasteiger partial charge in [-0.05, 0) is 60.2 Å². The van der Waals surface area contributed by atoms with E-state index in [4.69, 9.17) is 0 Å². The molecule has 0 radical (unpaired) electrons. The fraction of sp³-hybridized carbons (Fsp3) is 0.160. The van der Waals surface area contributed by atoms with Crippen LogP contribution in [0.25, 0.3) is 10.9 Å². The van der Waals surface area contributed by atoms with Crippen molar-refractivity contribution in [2.24, 2.45) is 0 Å². The number of fused-ring (bicyclic) bond motifs is 1. The Morgan fingerprint density at radius 3 is 2.58 bits per heavy atom. The van der Waals surface area contributed by atoms with Gasteiger partial charge in [-0.15, -0.1) is 0 Å². The lowest BCUT2D eigenvalue weighted by Gasteiger charge is -2.23. The zero-order chi connectivity index (χ0) is 21.8. The molecule has 4 rings (SSSR count). The molecule has 31 heavy (non-hydrogen) atoms. The lowest BCUT2D eigenvalue weighted by atomic mass is 10.0. The van der Waals surface area contributed by atoms with Crippen molar-refractivity contribution >= 4 is 22.6 Å². The first kappa shape index (κ1) is 20.3. The summed E-state index contributed by atoms with van der Waals surface area (Å²) in [6.45, 7) is 4.52. The standard InChI is InChI=1S/C25H24N4O2/c1-17-10-11-20-13-21(24(30)28-23(20)18(17)2)16-29(15-19-7-6-12-26-14-19)25(31)27-22-8-4-3-5-9-22/h3-14H,15-16H2,1-2H3,(H,27,31)(H,28,30). The third-order valence-corrected chi connectivity index (χ3v) is 5.40. The summed E-state index contributed by atoms with van der Waals surface area (Å²) in [5.41, 5.74) is 4.93. The summed E-state index contributed by atoms with van der Waals surface area (Å²) in [7, 11) is 0. The molecule has 2 aromatic heterocycles. The van der Waals surface area contributed by atoms with E-state index in [2.05, 4.69) is 15.3 Å². The number of pyridine rings is 2. The van der Waals surface area contributed by atoms with Gasteiger partial charge in [0.1, 0.15) is 0 Å². The fourth-order valence-corrected chi connectivity index (χ4v) is 3.53. The SMILES string of the molecule is Cc1ccc2cc(CN(Cc3cccnc3)C(=O)Nc3ccccc3)c(=O)[nH]c2c1C. The van der Waals surface area contributed by atoms with E-state index >= 15 is 0 Å². The number of nitrogens with zero attached hydrogens (tertiary/aromatic N) is 2. The largest absolute Gasteiger partial charge is 0.322 e. The van der Waals surface area contributed by atoms with Crippen molar-refractivity contribution in [2.75, 3.05) is 5.32 Å². The van der Waals surface area contributed by atoms with Crippen LogP contribution in [0.5, 0.6) is 0 Å². The number of rotatable bonds is 5. The van der Waals surface area contributed by atoms with E-state index in [9.17, 15) is 9.59 Å². The van der Waals surface area contributed by atoms with Crippen LogP contribution in [0.2, 0.25) is 0 Å². The third-order valence-electron chi connectivity index (χ3n) is 5.40. The molecule has 0 bridgehead atoms. The second-order valence-corrected chi connectivity index (χ2v) is 7.61. The Balaban J connectivity index is 1.66. The molecule has 156 valence electrons. The summed E-state index contributed by atoms with van der Waals surface area (Å²) in [5, 5.41) is 3.86. The van der Waals surface area contributed by atoms with Crippen molar-refractivity contribution in [3.63, 3.8) is 0 Å². The molecule has 0 aliphatic rings. The van der Waals surface area contributed by atoms with Crippen LogP contribution in [-0.4, -0.2) is 20.9 Å².